The molecular formula is C11H14N2O2. The van der Waals surface area contributed by atoms with E-state index in [0.29, 0.717) is 18.7 Å². The van der Waals surface area contributed by atoms with E-state index in [2.05, 4.69) is 4.98 Å². The number of pyridine rings is 1. The summed E-state index contributed by atoms with van der Waals surface area (Å²) in [4.78, 5) is 17.6. The summed E-state index contributed by atoms with van der Waals surface area (Å²) in [5.74, 6) is 0.263. The lowest BCUT2D eigenvalue weighted by Gasteiger charge is -2.38. The van der Waals surface area contributed by atoms with Gasteiger partial charge < -0.3 is 10.0 Å². The Kier molecular flexibility index (Phi) is 2.68. The van der Waals surface area contributed by atoms with Gasteiger partial charge in [-0.05, 0) is 19.1 Å². The molecule has 1 aliphatic heterocycles. The summed E-state index contributed by atoms with van der Waals surface area (Å²) in [6, 6.07) is 3.62. The number of aryl methyl sites for hydroxylation is 1. The third kappa shape index (κ3) is 1.99. The number of carbonyl (C=O) groups excluding carboxylic acids is 1. The second-order valence-electron chi connectivity index (χ2n) is 3.95. The van der Waals surface area contributed by atoms with Crippen LogP contribution in [0.1, 0.15) is 16.1 Å². The Balaban J connectivity index is 2.00. The molecule has 0 aliphatic carbocycles. The highest BCUT2D eigenvalue weighted by molar-refractivity contribution is 5.94. The normalized spacial score (nSPS) is 16.3. The second kappa shape index (κ2) is 3.98. The van der Waals surface area contributed by atoms with Gasteiger partial charge in [0.1, 0.15) is 0 Å². The number of amides is 1. The molecule has 1 aliphatic rings. The highest BCUT2D eigenvalue weighted by Crippen LogP contribution is 2.17. The molecule has 0 unspecified atom stereocenters. The molecule has 0 atom stereocenters. The van der Waals surface area contributed by atoms with Crippen LogP contribution in [-0.2, 0) is 0 Å². The summed E-state index contributed by atoms with van der Waals surface area (Å²) in [6.45, 7) is 3.36. The first-order valence-corrected chi connectivity index (χ1v) is 5.03. The molecule has 1 aromatic heterocycles. The smallest absolute Gasteiger partial charge is 0.255 e. The summed E-state index contributed by atoms with van der Waals surface area (Å²) in [5, 5.41) is 8.84. The molecule has 80 valence electrons. The van der Waals surface area contributed by atoms with E-state index in [1.165, 1.54) is 0 Å². The Morgan fingerprint density at radius 2 is 2.33 bits per heavy atom. The van der Waals surface area contributed by atoms with E-state index in [-0.39, 0.29) is 18.4 Å². The summed E-state index contributed by atoms with van der Waals surface area (Å²) >= 11 is 0. The van der Waals surface area contributed by atoms with Crippen LogP contribution in [0.15, 0.2) is 18.3 Å². The summed E-state index contributed by atoms with van der Waals surface area (Å²) in [5.41, 5.74) is 1.53. The minimum Gasteiger partial charge on any atom is -0.396 e. The number of rotatable bonds is 2. The van der Waals surface area contributed by atoms with Crippen LogP contribution in [-0.4, -0.2) is 40.6 Å². The first-order chi connectivity index (χ1) is 7.20. The van der Waals surface area contributed by atoms with Crippen molar-refractivity contribution >= 4 is 5.91 Å². The third-order valence-electron chi connectivity index (χ3n) is 2.66. The molecule has 2 heterocycles. The van der Waals surface area contributed by atoms with E-state index in [4.69, 9.17) is 5.11 Å². The van der Waals surface area contributed by atoms with Crippen molar-refractivity contribution in [2.75, 3.05) is 19.7 Å². The van der Waals surface area contributed by atoms with E-state index in [1.807, 2.05) is 13.0 Å². The first-order valence-electron chi connectivity index (χ1n) is 5.03. The maximum atomic E-state index is 11.8. The summed E-state index contributed by atoms with van der Waals surface area (Å²) in [6.07, 6.45) is 1.60. The Hall–Kier alpha value is -1.42. The van der Waals surface area contributed by atoms with Gasteiger partial charge in [0.2, 0.25) is 0 Å². The minimum atomic E-state index is 0.00667. The van der Waals surface area contributed by atoms with Gasteiger partial charge in [0.15, 0.2) is 0 Å². The molecule has 2 rings (SSSR count). The van der Waals surface area contributed by atoms with Crippen molar-refractivity contribution < 1.29 is 9.90 Å². The van der Waals surface area contributed by atoms with Gasteiger partial charge in [0, 0.05) is 37.5 Å². The number of likely N-dealkylation sites (tertiary alicyclic amines) is 1. The lowest BCUT2D eigenvalue weighted by Crippen LogP contribution is -2.51. The number of hydrogen-bond acceptors (Lipinski definition) is 3. The topological polar surface area (TPSA) is 53.4 Å². The largest absolute Gasteiger partial charge is 0.396 e. The van der Waals surface area contributed by atoms with Gasteiger partial charge in [0.25, 0.3) is 5.91 Å². The van der Waals surface area contributed by atoms with Gasteiger partial charge in [0.05, 0.1) is 5.56 Å². The van der Waals surface area contributed by atoms with Crippen molar-refractivity contribution in [2.45, 2.75) is 6.92 Å². The molecule has 1 fully saturated rings. The Morgan fingerprint density at radius 3 is 2.87 bits per heavy atom. The molecular weight excluding hydrogens is 192 g/mol. The molecule has 15 heavy (non-hydrogen) atoms. The van der Waals surface area contributed by atoms with Gasteiger partial charge >= 0.3 is 0 Å². The standard InChI is InChI=1S/C11H14N2O2/c1-8-2-3-10(4-12-8)11(15)13-5-9(6-13)7-14/h2-4,9,14H,5-7H2,1H3. The van der Waals surface area contributed by atoms with Crippen LogP contribution in [0.2, 0.25) is 0 Å². The number of aromatic nitrogens is 1. The fraction of sp³-hybridized carbons (Fsp3) is 0.455. The highest BCUT2D eigenvalue weighted by Gasteiger charge is 2.30. The quantitative estimate of drug-likeness (QED) is 0.764. The third-order valence-corrected chi connectivity index (χ3v) is 2.66. The van der Waals surface area contributed by atoms with Crippen LogP contribution in [0.5, 0.6) is 0 Å². The molecule has 4 nitrogen and oxygen atoms in total. The minimum absolute atomic E-state index is 0.00667. The zero-order chi connectivity index (χ0) is 10.8. The van der Waals surface area contributed by atoms with Crippen LogP contribution in [0.4, 0.5) is 0 Å². The van der Waals surface area contributed by atoms with E-state index in [1.54, 1.807) is 17.2 Å². The first kappa shape index (κ1) is 10.1. The van der Waals surface area contributed by atoms with Crippen LogP contribution in [0, 0.1) is 12.8 Å². The Bertz CT molecular complexity index is 355. The lowest BCUT2D eigenvalue weighted by molar-refractivity contribution is 0.0361. The van der Waals surface area contributed by atoms with Gasteiger partial charge in [-0.1, -0.05) is 0 Å². The molecule has 1 amide bonds. The lowest BCUT2D eigenvalue weighted by atomic mass is 10.0. The molecule has 0 spiro atoms. The van der Waals surface area contributed by atoms with Crippen molar-refractivity contribution in [3.63, 3.8) is 0 Å². The average molecular weight is 206 g/mol. The average Bonchev–Trinajstić information content (AvgIpc) is 2.17. The van der Waals surface area contributed by atoms with Crippen molar-refractivity contribution in [3.8, 4) is 0 Å². The molecule has 1 N–H and O–H groups in total. The Labute approximate surface area is 88.6 Å². The van der Waals surface area contributed by atoms with Crippen molar-refractivity contribution in [1.82, 2.24) is 9.88 Å². The second-order valence-corrected chi connectivity index (χ2v) is 3.95. The number of carbonyl (C=O) groups is 1. The molecule has 0 aromatic carbocycles. The Morgan fingerprint density at radius 1 is 1.60 bits per heavy atom. The van der Waals surface area contributed by atoms with Crippen LogP contribution in [0.3, 0.4) is 0 Å². The van der Waals surface area contributed by atoms with Crippen molar-refractivity contribution in [1.29, 1.82) is 0 Å². The van der Waals surface area contributed by atoms with Crippen molar-refractivity contribution in [3.05, 3.63) is 29.6 Å². The van der Waals surface area contributed by atoms with E-state index < -0.39 is 0 Å². The number of aliphatic hydroxyl groups is 1. The van der Waals surface area contributed by atoms with Crippen molar-refractivity contribution in [2.24, 2.45) is 5.92 Å². The molecule has 1 aromatic rings. The number of hydrogen-bond donors (Lipinski definition) is 1. The summed E-state index contributed by atoms with van der Waals surface area (Å²) < 4.78 is 0. The van der Waals surface area contributed by atoms with Gasteiger partial charge in [-0.2, -0.15) is 0 Å². The summed E-state index contributed by atoms with van der Waals surface area (Å²) in [7, 11) is 0. The van der Waals surface area contributed by atoms with Crippen LogP contribution < -0.4 is 0 Å². The fourth-order valence-corrected chi connectivity index (χ4v) is 1.63. The number of aliphatic hydroxyl groups excluding tert-OH is 1. The van der Waals surface area contributed by atoms with Gasteiger partial charge in [-0.3, -0.25) is 9.78 Å². The predicted octanol–water partition coefficient (Wildman–Crippen LogP) is 0.454. The van der Waals surface area contributed by atoms with E-state index in [9.17, 15) is 4.79 Å². The fourth-order valence-electron chi connectivity index (χ4n) is 1.63. The monoisotopic (exact) mass is 206 g/mol. The zero-order valence-corrected chi connectivity index (χ0v) is 8.68. The molecule has 0 radical (unpaired) electrons. The zero-order valence-electron chi connectivity index (χ0n) is 8.68. The highest BCUT2D eigenvalue weighted by atomic mass is 16.3. The molecule has 1 saturated heterocycles. The van der Waals surface area contributed by atoms with Crippen LogP contribution in [0.25, 0.3) is 0 Å². The maximum Gasteiger partial charge on any atom is 0.255 e. The number of nitrogens with zero attached hydrogens (tertiary/aromatic N) is 2. The maximum absolute atomic E-state index is 11.8. The molecule has 4 heteroatoms. The molecule has 0 bridgehead atoms. The van der Waals surface area contributed by atoms with Crippen LogP contribution >= 0.6 is 0 Å². The van der Waals surface area contributed by atoms with E-state index in [0.717, 1.165) is 5.69 Å². The molecule has 0 saturated carbocycles. The van der Waals surface area contributed by atoms with Gasteiger partial charge in [-0.25, -0.2) is 0 Å². The van der Waals surface area contributed by atoms with Gasteiger partial charge in [-0.15, -0.1) is 0 Å². The predicted molar refractivity (Wildman–Crippen MR) is 55.5 cm³/mol. The SMILES string of the molecule is Cc1ccc(C(=O)N2CC(CO)C2)cn1. The van der Waals surface area contributed by atoms with E-state index >= 15 is 0 Å².